The highest BCUT2D eigenvalue weighted by Crippen LogP contribution is 2.70. The quantitative estimate of drug-likeness (QED) is 0.466. The van der Waals surface area contributed by atoms with E-state index >= 15 is 4.39 Å². The van der Waals surface area contributed by atoms with Crippen molar-refractivity contribution in [3.05, 3.63) is 96.1 Å². The van der Waals surface area contributed by atoms with E-state index in [1.54, 1.807) is 29.9 Å². The molecule has 5 heteroatoms. The maximum absolute atomic E-state index is 15.6. The molecule has 0 spiro atoms. The van der Waals surface area contributed by atoms with E-state index in [2.05, 4.69) is 0 Å². The van der Waals surface area contributed by atoms with Crippen molar-refractivity contribution in [2.75, 3.05) is 7.05 Å². The molecule has 1 aliphatic heterocycles. The predicted molar refractivity (Wildman–Crippen MR) is 111 cm³/mol. The molecule has 1 saturated heterocycles. The molecule has 0 saturated carbocycles. The smallest absolute Gasteiger partial charge is 0.305 e. The highest BCUT2D eigenvalue weighted by Gasteiger charge is 2.52. The molecular weight excluding hydrogens is 372 g/mol. The van der Waals surface area contributed by atoms with Crippen LogP contribution in [0.4, 0.5) is 4.39 Å². The van der Waals surface area contributed by atoms with Crippen molar-refractivity contribution < 1.29 is 13.5 Å². The SMILES string of the molecule is C[C@H]1[C@@H](c2ccccc2)O[P@](=O)([C@@H](F)c2cccc(-c3ccccc3)c2)N1C. The molecule has 1 aliphatic rings. The lowest BCUT2D eigenvalue weighted by molar-refractivity contribution is 0.203. The lowest BCUT2D eigenvalue weighted by atomic mass is 10.0. The van der Waals surface area contributed by atoms with E-state index in [9.17, 15) is 4.57 Å². The van der Waals surface area contributed by atoms with Gasteiger partial charge in [-0.05, 0) is 42.3 Å². The Balaban J connectivity index is 1.66. The number of likely N-dealkylation sites (N-methyl/N-ethyl adjacent to an activating group) is 1. The van der Waals surface area contributed by atoms with Crippen molar-refractivity contribution in [3.8, 4) is 11.1 Å². The van der Waals surface area contributed by atoms with E-state index < -0.39 is 19.5 Å². The first-order chi connectivity index (χ1) is 13.5. The standard InChI is InChI=1S/C23H23FNO2P/c1-17-22(19-12-7-4-8-13-19)27-28(26,25(17)2)23(24)21-15-9-14-20(16-21)18-10-5-3-6-11-18/h3-17,22-23H,1-2H3/t17-,22-,23+,28+/m0/s1. The van der Waals surface area contributed by atoms with E-state index in [4.69, 9.17) is 4.52 Å². The lowest BCUT2D eigenvalue weighted by Crippen LogP contribution is -2.24. The molecule has 1 fully saturated rings. The van der Waals surface area contributed by atoms with Crippen LogP contribution in [0.2, 0.25) is 0 Å². The average Bonchev–Trinajstić information content (AvgIpc) is 3.00. The van der Waals surface area contributed by atoms with E-state index in [-0.39, 0.29) is 6.04 Å². The Labute approximate surface area is 165 Å². The predicted octanol–water partition coefficient (Wildman–Crippen LogP) is 6.61. The van der Waals surface area contributed by atoms with Crippen molar-refractivity contribution >= 4 is 7.52 Å². The molecule has 1 heterocycles. The largest absolute Gasteiger partial charge is 0.311 e. The van der Waals surface area contributed by atoms with Gasteiger partial charge in [0.15, 0.2) is 0 Å². The zero-order chi connectivity index (χ0) is 19.7. The Kier molecular flexibility index (Phi) is 5.20. The molecule has 3 aromatic carbocycles. The third-order valence-electron chi connectivity index (χ3n) is 5.42. The Morgan fingerprint density at radius 2 is 1.54 bits per heavy atom. The number of hydrogen-bond donors (Lipinski definition) is 0. The molecule has 0 N–H and O–H groups in total. The lowest BCUT2D eigenvalue weighted by Gasteiger charge is -2.24. The molecule has 0 aliphatic carbocycles. The van der Waals surface area contributed by atoms with E-state index in [1.807, 2.05) is 73.7 Å². The fourth-order valence-corrected chi connectivity index (χ4v) is 6.02. The topological polar surface area (TPSA) is 29.5 Å². The third-order valence-corrected chi connectivity index (χ3v) is 8.06. The second-order valence-electron chi connectivity index (χ2n) is 7.14. The zero-order valence-electron chi connectivity index (χ0n) is 15.9. The molecule has 3 aromatic rings. The van der Waals surface area contributed by atoms with Crippen molar-refractivity contribution in [2.45, 2.75) is 25.0 Å². The number of alkyl halides is 1. The van der Waals surface area contributed by atoms with Crippen LogP contribution in [0, 0.1) is 0 Å². The fourth-order valence-electron chi connectivity index (χ4n) is 3.66. The van der Waals surface area contributed by atoms with Crippen LogP contribution in [-0.2, 0) is 9.09 Å². The molecule has 4 atom stereocenters. The minimum absolute atomic E-state index is 0.191. The summed E-state index contributed by atoms with van der Waals surface area (Å²) in [7, 11) is -2.01. The van der Waals surface area contributed by atoms with Gasteiger partial charge in [0.05, 0.1) is 0 Å². The van der Waals surface area contributed by atoms with Crippen molar-refractivity contribution in [1.29, 1.82) is 0 Å². The molecule has 0 radical (unpaired) electrons. The van der Waals surface area contributed by atoms with Crippen molar-refractivity contribution in [2.24, 2.45) is 0 Å². The number of hydrogen-bond acceptors (Lipinski definition) is 2. The highest BCUT2D eigenvalue weighted by molar-refractivity contribution is 7.56. The molecular formula is C23H23FNO2P. The van der Waals surface area contributed by atoms with Gasteiger partial charge >= 0.3 is 7.52 Å². The van der Waals surface area contributed by atoms with Crippen LogP contribution in [0.15, 0.2) is 84.9 Å². The molecule has 28 heavy (non-hydrogen) atoms. The van der Waals surface area contributed by atoms with Gasteiger partial charge < -0.3 is 4.52 Å². The number of nitrogens with zero attached hydrogens (tertiary/aromatic N) is 1. The van der Waals surface area contributed by atoms with Crippen LogP contribution < -0.4 is 0 Å². The minimum Gasteiger partial charge on any atom is -0.305 e. The maximum Gasteiger partial charge on any atom is 0.311 e. The summed E-state index contributed by atoms with van der Waals surface area (Å²) in [6.45, 7) is 1.92. The molecule has 0 bridgehead atoms. The first-order valence-corrected chi connectivity index (χ1v) is 11.0. The third kappa shape index (κ3) is 3.33. The maximum atomic E-state index is 15.6. The van der Waals surface area contributed by atoms with Crippen molar-refractivity contribution in [1.82, 2.24) is 4.67 Å². The zero-order valence-corrected chi connectivity index (χ0v) is 16.8. The molecule has 4 rings (SSSR count). The number of rotatable bonds is 4. The summed E-state index contributed by atoms with van der Waals surface area (Å²) in [5, 5.41) is 0. The summed E-state index contributed by atoms with van der Waals surface area (Å²) in [6.07, 6.45) is -0.424. The minimum atomic E-state index is -3.70. The Morgan fingerprint density at radius 3 is 2.21 bits per heavy atom. The van der Waals surface area contributed by atoms with Gasteiger partial charge in [0.25, 0.3) is 0 Å². The summed E-state index contributed by atoms with van der Waals surface area (Å²) in [4.78, 5) is 0. The normalized spacial score (nSPS) is 26.2. The van der Waals surface area contributed by atoms with Crippen LogP contribution >= 0.6 is 7.52 Å². The van der Waals surface area contributed by atoms with Gasteiger partial charge in [0.2, 0.25) is 5.91 Å². The van der Waals surface area contributed by atoms with Gasteiger partial charge in [0.1, 0.15) is 6.10 Å². The van der Waals surface area contributed by atoms with Crippen LogP contribution in [0.3, 0.4) is 0 Å². The second-order valence-corrected chi connectivity index (χ2v) is 9.57. The molecule has 0 aromatic heterocycles. The monoisotopic (exact) mass is 395 g/mol. The Bertz CT molecular complexity index is 996. The Morgan fingerprint density at radius 1 is 0.929 bits per heavy atom. The average molecular weight is 395 g/mol. The molecule has 3 nitrogen and oxygen atoms in total. The van der Waals surface area contributed by atoms with Gasteiger partial charge in [0, 0.05) is 6.04 Å². The molecule has 144 valence electrons. The molecule has 0 unspecified atom stereocenters. The fraction of sp³-hybridized carbons (Fsp3) is 0.217. The van der Waals surface area contributed by atoms with Gasteiger partial charge in [-0.2, -0.15) is 0 Å². The van der Waals surface area contributed by atoms with Gasteiger partial charge in [-0.3, -0.25) is 4.57 Å². The van der Waals surface area contributed by atoms with Crippen molar-refractivity contribution in [3.63, 3.8) is 0 Å². The van der Waals surface area contributed by atoms with Crippen LogP contribution in [-0.4, -0.2) is 17.8 Å². The van der Waals surface area contributed by atoms with Gasteiger partial charge in [-0.15, -0.1) is 0 Å². The highest BCUT2D eigenvalue weighted by atomic mass is 31.2. The summed E-state index contributed by atoms with van der Waals surface area (Å²) in [5.74, 6) is -1.71. The summed E-state index contributed by atoms with van der Waals surface area (Å²) < 4.78 is 36.7. The summed E-state index contributed by atoms with van der Waals surface area (Å²) in [6, 6.07) is 26.3. The summed E-state index contributed by atoms with van der Waals surface area (Å²) in [5.41, 5.74) is 3.16. The second kappa shape index (κ2) is 7.63. The first kappa shape index (κ1) is 19.1. The summed E-state index contributed by atoms with van der Waals surface area (Å²) >= 11 is 0. The van der Waals surface area contributed by atoms with E-state index in [0.29, 0.717) is 5.56 Å². The van der Waals surface area contributed by atoms with Gasteiger partial charge in [-0.1, -0.05) is 78.9 Å². The van der Waals surface area contributed by atoms with Crippen LogP contribution in [0.25, 0.3) is 11.1 Å². The van der Waals surface area contributed by atoms with Gasteiger partial charge in [-0.25, -0.2) is 9.06 Å². The van der Waals surface area contributed by atoms with E-state index in [0.717, 1.165) is 16.7 Å². The molecule has 0 amide bonds. The first-order valence-electron chi connectivity index (χ1n) is 9.36. The van der Waals surface area contributed by atoms with Crippen LogP contribution in [0.1, 0.15) is 30.1 Å². The number of halogens is 1. The number of benzene rings is 3. The van der Waals surface area contributed by atoms with E-state index in [1.165, 1.54) is 0 Å². The Hall–Kier alpha value is -2.26. The van der Waals surface area contributed by atoms with Crippen LogP contribution in [0.5, 0.6) is 0 Å².